The highest BCUT2D eigenvalue weighted by Gasteiger charge is 2.24. The predicted octanol–water partition coefficient (Wildman–Crippen LogP) is 2.57. The van der Waals surface area contributed by atoms with Crippen molar-refractivity contribution in [3.8, 4) is 0 Å². The molecular weight excluding hydrogens is 368 g/mol. The summed E-state index contributed by atoms with van der Waals surface area (Å²) in [5.74, 6) is 0.105. The summed E-state index contributed by atoms with van der Waals surface area (Å²) >= 11 is 0. The summed E-state index contributed by atoms with van der Waals surface area (Å²) in [6.07, 6.45) is 4.82. The molecule has 1 fully saturated rings. The van der Waals surface area contributed by atoms with Gasteiger partial charge in [0.2, 0.25) is 0 Å². The van der Waals surface area contributed by atoms with E-state index in [4.69, 9.17) is 4.42 Å². The molecule has 0 aliphatic carbocycles. The van der Waals surface area contributed by atoms with Gasteiger partial charge in [-0.1, -0.05) is 30.3 Å². The molecule has 4 rings (SSSR count). The number of benzene rings is 1. The third-order valence-corrected chi connectivity index (χ3v) is 4.95. The van der Waals surface area contributed by atoms with Crippen LogP contribution < -0.4 is 10.2 Å². The van der Waals surface area contributed by atoms with Gasteiger partial charge in [-0.25, -0.2) is 0 Å². The van der Waals surface area contributed by atoms with Crippen molar-refractivity contribution in [3.05, 3.63) is 84.1 Å². The number of amides is 2. The Morgan fingerprint density at radius 3 is 2.52 bits per heavy atom. The quantitative estimate of drug-likeness (QED) is 0.724. The van der Waals surface area contributed by atoms with Gasteiger partial charge in [-0.2, -0.15) is 0 Å². The molecular formula is C22H22N4O3. The zero-order chi connectivity index (χ0) is 20.1. The average molecular weight is 390 g/mol. The van der Waals surface area contributed by atoms with Crippen LogP contribution in [0.5, 0.6) is 0 Å². The van der Waals surface area contributed by atoms with Gasteiger partial charge in [-0.3, -0.25) is 14.6 Å². The highest BCUT2D eigenvalue weighted by Crippen LogP contribution is 2.18. The monoisotopic (exact) mass is 390 g/mol. The minimum Gasteiger partial charge on any atom is -0.459 e. The Hall–Kier alpha value is -3.61. The van der Waals surface area contributed by atoms with Crippen LogP contribution in [-0.2, 0) is 6.54 Å². The fourth-order valence-corrected chi connectivity index (χ4v) is 3.33. The fourth-order valence-electron chi connectivity index (χ4n) is 3.33. The van der Waals surface area contributed by atoms with Crippen molar-refractivity contribution in [2.45, 2.75) is 6.54 Å². The van der Waals surface area contributed by atoms with Gasteiger partial charge < -0.3 is 19.5 Å². The molecule has 7 nitrogen and oxygen atoms in total. The van der Waals surface area contributed by atoms with E-state index in [9.17, 15) is 9.59 Å². The number of piperazine rings is 1. The maximum Gasteiger partial charge on any atom is 0.289 e. The number of nitrogens with zero attached hydrogens (tertiary/aromatic N) is 3. The van der Waals surface area contributed by atoms with Crippen molar-refractivity contribution in [2.24, 2.45) is 0 Å². The van der Waals surface area contributed by atoms with Crippen LogP contribution in [-0.4, -0.2) is 47.9 Å². The molecule has 0 radical (unpaired) electrons. The maximum absolute atomic E-state index is 12.5. The van der Waals surface area contributed by atoms with E-state index in [1.54, 1.807) is 29.4 Å². The summed E-state index contributed by atoms with van der Waals surface area (Å²) in [6.45, 7) is 2.98. The first-order valence-electron chi connectivity index (χ1n) is 9.55. The number of rotatable bonds is 5. The van der Waals surface area contributed by atoms with Crippen LogP contribution in [0.15, 0.2) is 71.6 Å². The van der Waals surface area contributed by atoms with Gasteiger partial charge in [0.15, 0.2) is 5.76 Å². The molecule has 1 aromatic carbocycles. The minimum atomic E-state index is -0.158. The van der Waals surface area contributed by atoms with Crippen molar-refractivity contribution in [2.75, 3.05) is 31.1 Å². The molecule has 0 spiro atoms. The number of anilines is 1. The van der Waals surface area contributed by atoms with Crippen molar-refractivity contribution in [3.63, 3.8) is 0 Å². The Kier molecular flexibility index (Phi) is 5.56. The van der Waals surface area contributed by atoms with E-state index < -0.39 is 0 Å². The van der Waals surface area contributed by atoms with Crippen molar-refractivity contribution in [1.82, 2.24) is 15.2 Å². The molecule has 1 aliphatic heterocycles. The van der Waals surface area contributed by atoms with E-state index in [0.29, 0.717) is 44.0 Å². The maximum atomic E-state index is 12.5. The zero-order valence-electron chi connectivity index (χ0n) is 16.0. The lowest BCUT2D eigenvalue weighted by atomic mass is 10.2. The predicted molar refractivity (Wildman–Crippen MR) is 109 cm³/mol. The third-order valence-electron chi connectivity index (χ3n) is 4.95. The molecule has 148 valence electrons. The Labute approximate surface area is 169 Å². The lowest BCUT2D eigenvalue weighted by Gasteiger charge is -2.35. The number of carbonyl (C=O) groups excluding carboxylic acids is 2. The molecule has 2 amide bonds. The lowest BCUT2D eigenvalue weighted by Crippen LogP contribution is -2.48. The van der Waals surface area contributed by atoms with Gasteiger partial charge in [0, 0.05) is 38.9 Å². The van der Waals surface area contributed by atoms with Crippen molar-refractivity contribution < 1.29 is 14.0 Å². The van der Waals surface area contributed by atoms with Crippen molar-refractivity contribution in [1.29, 1.82) is 0 Å². The summed E-state index contributed by atoms with van der Waals surface area (Å²) in [4.78, 5) is 33.0. The van der Waals surface area contributed by atoms with Gasteiger partial charge in [0.1, 0.15) is 0 Å². The number of furan rings is 1. The normalized spacial score (nSPS) is 13.9. The molecule has 0 bridgehead atoms. The second-order valence-corrected chi connectivity index (χ2v) is 6.86. The fraction of sp³-hybridized carbons (Fsp3) is 0.227. The highest BCUT2D eigenvalue weighted by molar-refractivity contribution is 5.94. The number of carbonyl (C=O) groups is 2. The first kappa shape index (κ1) is 18.7. The first-order chi connectivity index (χ1) is 14.2. The molecule has 29 heavy (non-hydrogen) atoms. The molecule has 1 N–H and O–H groups in total. The van der Waals surface area contributed by atoms with Crippen LogP contribution in [0.3, 0.4) is 0 Å². The number of hydrogen-bond donors (Lipinski definition) is 1. The molecule has 1 saturated heterocycles. The second-order valence-electron chi connectivity index (χ2n) is 6.86. The molecule has 2 aromatic heterocycles. The molecule has 7 heteroatoms. The van der Waals surface area contributed by atoms with Crippen LogP contribution in [0.2, 0.25) is 0 Å². The minimum absolute atomic E-state index is 0.0955. The summed E-state index contributed by atoms with van der Waals surface area (Å²) in [7, 11) is 0. The number of pyridine rings is 1. The molecule has 3 aromatic rings. The molecule has 0 unspecified atom stereocenters. The standard InChI is InChI=1S/C22H22N4O3/c27-21(24-14-17-5-2-1-3-6-17)18-13-19(16-23-15-18)25-8-10-26(11-9-25)22(28)20-7-4-12-29-20/h1-7,12-13,15-16H,8-11,14H2,(H,24,27). The summed E-state index contributed by atoms with van der Waals surface area (Å²) in [6, 6.07) is 15.0. The largest absolute Gasteiger partial charge is 0.459 e. The summed E-state index contributed by atoms with van der Waals surface area (Å²) in [5.41, 5.74) is 2.44. The van der Waals surface area contributed by atoms with Crippen molar-refractivity contribution >= 4 is 17.5 Å². The molecule has 1 aliphatic rings. The number of aromatic nitrogens is 1. The van der Waals surface area contributed by atoms with E-state index in [0.717, 1.165) is 11.3 Å². The number of nitrogens with one attached hydrogen (secondary N) is 1. The average Bonchev–Trinajstić information content (AvgIpc) is 3.33. The third kappa shape index (κ3) is 4.45. The van der Waals surface area contributed by atoms with Crippen LogP contribution in [0.4, 0.5) is 5.69 Å². The van der Waals surface area contributed by atoms with Gasteiger partial charge in [-0.05, 0) is 23.8 Å². The highest BCUT2D eigenvalue weighted by atomic mass is 16.3. The SMILES string of the molecule is O=C(NCc1ccccc1)c1cncc(N2CCN(C(=O)c3ccco3)CC2)c1. The van der Waals surface area contributed by atoms with E-state index in [-0.39, 0.29) is 11.8 Å². The Bertz CT molecular complexity index is 965. The summed E-state index contributed by atoms with van der Waals surface area (Å²) in [5, 5.41) is 2.92. The smallest absolute Gasteiger partial charge is 0.289 e. The van der Waals surface area contributed by atoms with Gasteiger partial charge >= 0.3 is 0 Å². The van der Waals surface area contributed by atoms with Gasteiger partial charge in [-0.15, -0.1) is 0 Å². The van der Waals surface area contributed by atoms with Crippen LogP contribution in [0, 0.1) is 0 Å². The molecule has 3 heterocycles. The van der Waals surface area contributed by atoms with E-state index in [2.05, 4.69) is 15.2 Å². The number of hydrogen-bond acceptors (Lipinski definition) is 5. The van der Waals surface area contributed by atoms with E-state index >= 15 is 0 Å². The Morgan fingerprint density at radius 1 is 1.00 bits per heavy atom. The van der Waals surface area contributed by atoms with Gasteiger partial charge in [0.05, 0.1) is 23.7 Å². The summed E-state index contributed by atoms with van der Waals surface area (Å²) < 4.78 is 5.20. The Morgan fingerprint density at radius 2 is 1.79 bits per heavy atom. The topological polar surface area (TPSA) is 78.7 Å². The van der Waals surface area contributed by atoms with Crippen LogP contribution >= 0.6 is 0 Å². The van der Waals surface area contributed by atoms with Gasteiger partial charge in [0.25, 0.3) is 11.8 Å². The lowest BCUT2D eigenvalue weighted by molar-refractivity contribution is 0.0714. The van der Waals surface area contributed by atoms with E-state index in [1.807, 2.05) is 36.4 Å². The Balaban J connectivity index is 1.35. The second kappa shape index (κ2) is 8.60. The zero-order valence-corrected chi connectivity index (χ0v) is 16.0. The van der Waals surface area contributed by atoms with E-state index in [1.165, 1.54) is 6.26 Å². The molecule has 0 atom stereocenters. The van der Waals surface area contributed by atoms with Crippen LogP contribution in [0.1, 0.15) is 26.5 Å². The van der Waals surface area contributed by atoms with Crippen LogP contribution in [0.25, 0.3) is 0 Å². The first-order valence-corrected chi connectivity index (χ1v) is 9.55. The molecule has 0 saturated carbocycles.